The number of anilines is 1. The van der Waals surface area contributed by atoms with Gasteiger partial charge in [0.2, 0.25) is 0 Å². The Balaban J connectivity index is 2.74. The second-order valence-electron chi connectivity index (χ2n) is 3.78. The summed E-state index contributed by atoms with van der Waals surface area (Å²) in [4.78, 5) is 4.34. The molecule has 1 aromatic rings. The molecule has 84 valence electrons. The van der Waals surface area contributed by atoms with E-state index in [4.69, 9.17) is 5.73 Å². The smallest absolute Gasteiger partial charge is 0.111 e. The van der Waals surface area contributed by atoms with E-state index in [1.54, 1.807) is 18.0 Å². The highest BCUT2D eigenvalue weighted by Crippen LogP contribution is 2.32. The lowest BCUT2D eigenvalue weighted by Gasteiger charge is -2.10. The number of thioether (sulfide) groups is 1. The SMILES string of the molecule is CCC(C)CSc1ncc(N)c(C)c1Br. The van der Waals surface area contributed by atoms with Crippen LogP contribution in [0.5, 0.6) is 0 Å². The van der Waals surface area contributed by atoms with Crippen molar-refractivity contribution in [1.82, 2.24) is 4.98 Å². The van der Waals surface area contributed by atoms with Crippen LogP contribution in [0.4, 0.5) is 5.69 Å². The van der Waals surface area contributed by atoms with Gasteiger partial charge in [-0.25, -0.2) is 4.98 Å². The maximum Gasteiger partial charge on any atom is 0.111 e. The maximum absolute atomic E-state index is 5.77. The molecular formula is C11H17BrN2S. The predicted molar refractivity (Wildman–Crippen MR) is 71.3 cm³/mol. The molecule has 1 rings (SSSR count). The number of halogens is 1. The fourth-order valence-electron chi connectivity index (χ4n) is 1.01. The van der Waals surface area contributed by atoms with Crippen molar-refractivity contribution < 1.29 is 0 Å². The van der Waals surface area contributed by atoms with E-state index in [0.29, 0.717) is 0 Å². The van der Waals surface area contributed by atoms with Gasteiger partial charge in [0.25, 0.3) is 0 Å². The second-order valence-corrected chi connectivity index (χ2v) is 5.58. The van der Waals surface area contributed by atoms with Crippen molar-refractivity contribution in [3.8, 4) is 0 Å². The van der Waals surface area contributed by atoms with Crippen molar-refractivity contribution in [1.29, 1.82) is 0 Å². The standard InChI is InChI=1S/C11H17BrN2S/c1-4-7(2)6-15-11-10(12)8(3)9(13)5-14-11/h5,7H,4,6,13H2,1-3H3. The van der Waals surface area contributed by atoms with Crippen LogP contribution in [0.2, 0.25) is 0 Å². The molecule has 0 aliphatic rings. The van der Waals surface area contributed by atoms with E-state index in [0.717, 1.165) is 32.4 Å². The summed E-state index contributed by atoms with van der Waals surface area (Å²) in [7, 11) is 0. The van der Waals surface area contributed by atoms with Crippen molar-refractivity contribution in [2.75, 3.05) is 11.5 Å². The number of aromatic nitrogens is 1. The third-order valence-electron chi connectivity index (χ3n) is 2.47. The number of rotatable bonds is 4. The Kier molecular flexibility index (Phi) is 4.93. The summed E-state index contributed by atoms with van der Waals surface area (Å²) < 4.78 is 1.04. The minimum atomic E-state index is 0.724. The summed E-state index contributed by atoms with van der Waals surface area (Å²) in [5.74, 6) is 1.83. The Morgan fingerprint density at radius 3 is 2.87 bits per heavy atom. The average molecular weight is 289 g/mol. The van der Waals surface area contributed by atoms with Gasteiger partial charge >= 0.3 is 0 Å². The van der Waals surface area contributed by atoms with Crippen LogP contribution in [0.25, 0.3) is 0 Å². The molecule has 0 bridgehead atoms. The van der Waals surface area contributed by atoms with Crippen LogP contribution in [0.1, 0.15) is 25.8 Å². The lowest BCUT2D eigenvalue weighted by molar-refractivity contribution is 0.636. The van der Waals surface area contributed by atoms with Gasteiger partial charge in [-0.1, -0.05) is 20.3 Å². The van der Waals surface area contributed by atoms with E-state index in [9.17, 15) is 0 Å². The van der Waals surface area contributed by atoms with E-state index in [2.05, 4.69) is 34.8 Å². The zero-order valence-electron chi connectivity index (χ0n) is 9.38. The zero-order chi connectivity index (χ0) is 11.4. The highest BCUT2D eigenvalue weighted by atomic mass is 79.9. The summed E-state index contributed by atoms with van der Waals surface area (Å²) in [5, 5.41) is 1.04. The largest absolute Gasteiger partial charge is 0.397 e. The Morgan fingerprint density at radius 2 is 2.27 bits per heavy atom. The van der Waals surface area contributed by atoms with Gasteiger partial charge in [-0.2, -0.15) is 0 Å². The number of hydrogen-bond donors (Lipinski definition) is 1. The van der Waals surface area contributed by atoms with E-state index >= 15 is 0 Å². The number of hydrogen-bond acceptors (Lipinski definition) is 3. The number of nitrogens with zero attached hydrogens (tertiary/aromatic N) is 1. The van der Waals surface area contributed by atoms with Crippen molar-refractivity contribution in [3.05, 3.63) is 16.2 Å². The predicted octanol–water partition coefficient (Wildman–Crippen LogP) is 3.87. The molecule has 4 heteroatoms. The molecule has 1 atom stereocenters. The minimum absolute atomic E-state index is 0.724. The first-order valence-corrected chi connectivity index (χ1v) is 6.87. The second kappa shape index (κ2) is 5.75. The molecule has 0 amide bonds. The number of pyridine rings is 1. The summed E-state index contributed by atoms with van der Waals surface area (Å²) in [6.45, 7) is 6.47. The summed E-state index contributed by atoms with van der Waals surface area (Å²) in [6.07, 6.45) is 2.94. The van der Waals surface area contributed by atoms with Crippen LogP contribution in [0, 0.1) is 12.8 Å². The van der Waals surface area contributed by atoms with Crippen molar-refractivity contribution in [3.63, 3.8) is 0 Å². The summed E-state index contributed by atoms with van der Waals surface area (Å²) in [5.41, 5.74) is 7.60. The molecule has 1 aromatic heterocycles. The lowest BCUT2D eigenvalue weighted by atomic mass is 10.2. The van der Waals surface area contributed by atoms with Crippen LogP contribution in [-0.2, 0) is 0 Å². The molecule has 15 heavy (non-hydrogen) atoms. The molecule has 0 aliphatic heterocycles. The molecule has 0 spiro atoms. The lowest BCUT2D eigenvalue weighted by Crippen LogP contribution is -1.98. The van der Waals surface area contributed by atoms with Gasteiger partial charge in [0, 0.05) is 5.75 Å². The quantitative estimate of drug-likeness (QED) is 0.855. The molecule has 1 unspecified atom stereocenters. The van der Waals surface area contributed by atoms with E-state index in [-0.39, 0.29) is 0 Å². The van der Waals surface area contributed by atoms with Gasteiger partial charge in [-0.3, -0.25) is 0 Å². The van der Waals surface area contributed by atoms with Crippen molar-refractivity contribution >= 4 is 33.4 Å². The van der Waals surface area contributed by atoms with Crippen LogP contribution in [0.15, 0.2) is 15.7 Å². The molecule has 0 saturated carbocycles. The number of nitrogens with two attached hydrogens (primary N) is 1. The van der Waals surface area contributed by atoms with Crippen molar-refractivity contribution in [2.24, 2.45) is 5.92 Å². The van der Waals surface area contributed by atoms with Crippen LogP contribution >= 0.6 is 27.7 Å². The van der Waals surface area contributed by atoms with E-state index in [1.807, 2.05) is 6.92 Å². The highest BCUT2D eigenvalue weighted by Gasteiger charge is 2.09. The monoisotopic (exact) mass is 288 g/mol. The molecule has 1 heterocycles. The van der Waals surface area contributed by atoms with Crippen LogP contribution in [-0.4, -0.2) is 10.7 Å². The zero-order valence-corrected chi connectivity index (χ0v) is 11.8. The first-order valence-electron chi connectivity index (χ1n) is 5.09. The molecule has 0 radical (unpaired) electrons. The average Bonchev–Trinajstić information content (AvgIpc) is 2.24. The van der Waals surface area contributed by atoms with Crippen LogP contribution < -0.4 is 5.73 Å². The third kappa shape index (κ3) is 3.38. The molecule has 0 aromatic carbocycles. The first-order chi connectivity index (χ1) is 7.06. The van der Waals surface area contributed by atoms with Gasteiger partial charge in [0.15, 0.2) is 0 Å². The van der Waals surface area contributed by atoms with Gasteiger partial charge in [0.05, 0.1) is 16.4 Å². The van der Waals surface area contributed by atoms with Gasteiger partial charge in [-0.15, -0.1) is 11.8 Å². The number of nitrogen functional groups attached to an aromatic ring is 1. The van der Waals surface area contributed by atoms with Crippen molar-refractivity contribution in [2.45, 2.75) is 32.2 Å². The Hall–Kier alpha value is -0.220. The Bertz CT molecular complexity index is 342. The van der Waals surface area contributed by atoms with E-state index < -0.39 is 0 Å². The summed E-state index contributed by atoms with van der Waals surface area (Å²) in [6, 6.07) is 0. The fourth-order valence-corrected chi connectivity index (χ4v) is 2.77. The topological polar surface area (TPSA) is 38.9 Å². The third-order valence-corrected chi connectivity index (χ3v) is 5.02. The molecule has 0 saturated heterocycles. The molecule has 2 N–H and O–H groups in total. The molecule has 0 aliphatic carbocycles. The van der Waals surface area contributed by atoms with Gasteiger partial charge < -0.3 is 5.73 Å². The first kappa shape index (κ1) is 12.8. The van der Waals surface area contributed by atoms with Gasteiger partial charge in [-0.05, 0) is 34.3 Å². The Labute approximate surface area is 104 Å². The molecular weight excluding hydrogens is 272 g/mol. The molecule has 0 fully saturated rings. The van der Waals surface area contributed by atoms with E-state index in [1.165, 1.54) is 6.42 Å². The fraction of sp³-hybridized carbons (Fsp3) is 0.545. The van der Waals surface area contributed by atoms with Crippen LogP contribution in [0.3, 0.4) is 0 Å². The maximum atomic E-state index is 5.77. The molecule has 2 nitrogen and oxygen atoms in total. The normalized spacial score (nSPS) is 12.8. The highest BCUT2D eigenvalue weighted by molar-refractivity contribution is 9.10. The Morgan fingerprint density at radius 1 is 1.60 bits per heavy atom. The van der Waals surface area contributed by atoms with Gasteiger partial charge in [0.1, 0.15) is 5.03 Å². The minimum Gasteiger partial charge on any atom is -0.397 e. The summed E-state index contributed by atoms with van der Waals surface area (Å²) >= 11 is 5.33.